The molecule has 0 aliphatic rings. The van der Waals surface area contributed by atoms with Gasteiger partial charge in [-0.3, -0.25) is 0 Å². The molecule has 0 radical (unpaired) electrons. The molecule has 0 amide bonds. The summed E-state index contributed by atoms with van der Waals surface area (Å²) in [4.78, 5) is 0. The van der Waals surface area contributed by atoms with Gasteiger partial charge in [-0.1, -0.05) is 24.6 Å². The zero-order valence-electron chi connectivity index (χ0n) is 12.2. The van der Waals surface area contributed by atoms with Crippen LogP contribution in [0.3, 0.4) is 0 Å². The minimum Gasteiger partial charge on any atom is -0.351 e. The molecule has 0 bridgehead atoms. The number of halogens is 1. The number of aryl methyl sites for hydroxylation is 1. The van der Waals surface area contributed by atoms with E-state index in [1.54, 1.807) is 6.07 Å². The van der Waals surface area contributed by atoms with E-state index in [-0.39, 0.29) is 11.9 Å². The van der Waals surface area contributed by atoms with Gasteiger partial charge in [0.05, 0.1) is 6.04 Å². The molecule has 0 spiro atoms. The molecule has 4 heteroatoms. The van der Waals surface area contributed by atoms with E-state index in [2.05, 4.69) is 5.32 Å². The summed E-state index contributed by atoms with van der Waals surface area (Å²) in [5.74, 6) is -0.235. The number of benzene rings is 1. The van der Waals surface area contributed by atoms with Crippen LogP contribution in [0.25, 0.3) is 0 Å². The zero-order chi connectivity index (χ0) is 14.3. The van der Waals surface area contributed by atoms with E-state index in [9.17, 15) is 4.39 Å². The molecule has 108 valence electrons. The summed E-state index contributed by atoms with van der Waals surface area (Å²) in [6.07, 6.45) is -0.480. The maximum Gasteiger partial charge on any atom is 0.176 e. The molecule has 0 aliphatic carbocycles. The third kappa shape index (κ3) is 4.56. The van der Waals surface area contributed by atoms with E-state index in [1.807, 2.05) is 33.8 Å². The van der Waals surface area contributed by atoms with Crippen molar-refractivity contribution in [2.45, 2.75) is 40.0 Å². The molecular weight excluding hydrogens is 245 g/mol. The average molecular weight is 269 g/mol. The van der Waals surface area contributed by atoms with Gasteiger partial charge in [0.2, 0.25) is 0 Å². The third-order valence-corrected chi connectivity index (χ3v) is 2.84. The van der Waals surface area contributed by atoms with E-state index in [4.69, 9.17) is 9.47 Å². The fraction of sp³-hybridized carbons (Fsp3) is 0.600. The van der Waals surface area contributed by atoms with Crippen molar-refractivity contribution >= 4 is 0 Å². The van der Waals surface area contributed by atoms with Gasteiger partial charge >= 0.3 is 0 Å². The fourth-order valence-corrected chi connectivity index (χ4v) is 2.04. The molecule has 0 aromatic heterocycles. The van der Waals surface area contributed by atoms with Gasteiger partial charge in [-0.05, 0) is 33.4 Å². The van der Waals surface area contributed by atoms with Crippen LogP contribution in [-0.4, -0.2) is 26.0 Å². The van der Waals surface area contributed by atoms with E-state index in [0.29, 0.717) is 25.3 Å². The lowest BCUT2D eigenvalue weighted by Crippen LogP contribution is -2.36. The highest BCUT2D eigenvalue weighted by molar-refractivity contribution is 5.27. The average Bonchev–Trinajstić information content (AvgIpc) is 2.39. The van der Waals surface area contributed by atoms with Crippen molar-refractivity contribution in [2.24, 2.45) is 0 Å². The van der Waals surface area contributed by atoms with Crippen LogP contribution in [0.4, 0.5) is 4.39 Å². The first-order valence-corrected chi connectivity index (χ1v) is 6.86. The Bertz CT molecular complexity index is 378. The Labute approximate surface area is 115 Å². The van der Waals surface area contributed by atoms with Crippen molar-refractivity contribution in [1.82, 2.24) is 5.32 Å². The number of hydrogen-bond donors (Lipinski definition) is 1. The molecule has 1 N–H and O–H groups in total. The van der Waals surface area contributed by atoms with Gasteiger partial charge < -0.3 is 14.8 Å². The summed E-state index contributed by atoms with van der Waals surface area (Å²) in [7, 11) is 0. The lowest BCUT2D eigenvalue weighted by atomic mass is 10.0. The minimum atomic E-state index is -0.480. The minimum absolute atomic E-state index is 0.235. The second-order valence-electron chi connectivity index (χ2n) is 4.34. The molecule has 0 heterocycles. The normalized spacial score (nSPS) is 12.9. The molecule has 0 saturated carbocycles. The van der Waals surface area contributed by atoms with E-state index in [1.165, 1.54) is 6.07 Å². The molecule has 1 atom stereocenters. The number of ether oxygens (including phenoxy) is 2. The van der Waals surface area contributed by atoms with Crippen molar-refractivity contribution < 1.29 is 13.9 Å². The van der Waals surface area contributed by atoms with E-state index < -0.39 is 6.29 Å². The molecule has 1 aromatic carbocycles. The molecule has 1 rings (SSSR count). The van der Waals surface area contributed by atoms with Crippen LogP contribution in [0, 0.1) is 12.7 Å². The van der Waals surface area contributed by atoms with Gasteiger partial charge in [-0.25, -0.2) is 4.39 Å². The first-order valence-electron chi connectivity index (χ1n) is 6.86. The predicted molar refractivity (Wildman–Crippen MR) is 74.6 cm³/mol. The summed E-state index contributed by atoms with van der Waals surface area (Å²) < 4.78 is 25.2. The summed E-state index contributed by atoms with van der Waals surface area (Å²) in [5.41, 5.74) is 1.61. The van der Waals surface area contributed by atoms with Crippen molar-refractivity contribution in [3.8, 4) is 0 Å². The number of nitrogens with one attached hydrogen (secondary N) is 1. The lowest BCUT2D eigenvalue weighted by molar-refractivity contribution is -0.155. The van der Waals surface area contributed by atoms with Crippen LogP contribution in [0.2, 0.25) is 0 Å². The van der Waals surface area contributed by atoms with Crippen LogP contribution < -0.4 is 5.32 Å². The molecule has 0 saturated heterocycles. The molecule has 1 unspecified atom stereocenters. The molecule has 0 fully saturated rings. The first kappa shape index (κ1) is 16.1. The first-order chi connectivity index (χ1) is 9.13. The fourth-order valence-electron chi connectivity index (χ4n) is 2.04. The summed E-state index contributed by atoms with van der Waals surface area (Å²) >= 11 is 0. The highest BCUT2D eigenvalue weighted by Crippen LogP contribution is 2.24. The number of likely N-dealkylation sites (N-methyl/N-ethyl adjacent to an activating group) is 1. The van der Waals surface area contributed by atoms with Crippen molar-refractivity contribution in [3.05, 3.63) is 35.1 Å². The largest absolute Gasteiger partial charge is 0.351 e. The van der Waals surface area contributed by atoms with Gasteiger partial charge in [0, 0.05) is 18.8 Å². The Balaban J connectivity index is 3.05. The van der Waals surface area contributed by atoms with Crippen LogP contribution in [0.15, 0.2) is 18.2 Å². The molecule has 3 nitrogen and oxygen atoms in total. The maximum atomic E-state index is 14.0. The number of hydrogen-bond acceptors (Lipinski definition) is 3. The quantitative estimate of drug-likeness (QED) is 0.735. The smallest absolute Gasteiger partial charge is 0.176 e. The summed E-state index contributed by atoms with van der Waals surface area (Å²) in [5, 5.41) is 3.25. The molecule has 1 aromatic rings. The molecule has 0 aliphatic heterocycles. The van der Waals surface area contributed by atoms with Crippen LogP contribution in [0.5, 0.6) is 0 Å². The van der Waals surface area contributed by atoms with Crippen molar-refractivity contribution in [3.63, 3.8) is 0 Å². The second kappa shape index (κ2) is 8.25. The van der Waals surface area contributed by atoms with Gasteiger partial charge in [0.1, 0.15) is 5.82 Å². The Kier molecular flexibility index (Phi) is 6.99. The topological polar surface area (TPSA) is 30.5 Å². The Morgan fingerprint density at radius 2 is 1.79 bits per heavy atom. The summed E-state index contributed by atoms with van der Waals surface area (Å²) in [6, 6.07) is 4.79. The van der Waals surface area contributed by atoms with E-state index in [0.717, 1.165) is 5.56 Å². The Morgan fingerprint density at radius 3 is 2.32 bits per heavy atom. The van der Waals surface area contributed by atoms with Gasteiger partial charge in [0.25, 0.3) is 0 Å². The predicted octanol–water partition coefficient (Wildman–Crippen LogP) is 3.18. The third-order valence-electron chi connectivity index (χ3n) is 2.84. The summed E-state index contributed by atoms with van der Waals surface area (Å²) in [6.45, 7) is 9.51. The monoisotopic (exact) mass is 269 g/mol. The van der Waals surface area contributed by atoms with Crippen molar-refractivity contribution in [2.75, 3.05) is 19.8 Å². The molecule has 19 heavy (non-hydrogen) atoms. The van der Waals surface area contributed by atoms with Gasteiger partial charge in [-0.15, -0.1) is 0 Å². The van der Waals surface area contributed by atoms with Crippen molar-refractivity contribution in [1.29, 1.82) is 0 Å². The Hall–Kier alpha value is -0.970. The SMILES string of the molecule is CCNC(c1cc(C)ccc1F)C(OCC)OCC. The Morgan fingerprint density at radius 1 is 1.16 bits per heavy atom. The van der Waals surface area contributed by atoms with Crippen LogP contribution in [-0.2, 0) is 9.47 Å². The van der Waals surface area contributed by atoms with Crippen LogP contribution >= 0.6 is 0 Å². The molecular formula is C15H24FNO2. The highest BCUT2D eigenvalue weighted by atomic mass is 19.1. The highest BCUT2D eigenvalue weighted by Gasteiger charge is 2.26. The maximum absolute atomic E-state index is 14.0. The second-order valence-corrected chi connectivity index (χ2v) is 4.34. The van der Waals surface area contributed by atoms with E-state index >= 15 is 0 Å². The number of rotatable bonds is 8. The standard InChI is InChI=1S/C15H24FNO2/c1-5-17-14(15(18-6-2)19-7-3)12-10-11(4)8-9-13(12)16/h8-10,14-15,17H,5-7H2,1-4H3. The lowest BCUT2D eigenvalue weighted by Gasteiger charge is -2.28. The zero-order valence-corrected chi connectivity index (χ0v) is 12.2. The van der Waals surface area contributed by atoms with Crippen LogP contribution in [0.1, 0.15) is 37.9 Å². The van der Waals surface area contributed by atoms with Gasteiger partial charge in [-0.2, -0.15) is 0 Å². The van der Waals surface area contributed by atoms with Gasteiger partial charge in [0.15, 0.2) is 6.29 Å².